The lowest BCUT2D eigenvalue weighted by molar-refractivity contribution is -0.131. The molecule has 7 heteroatoms. The Labute approximate surface area is 156 Å². The normalized spacial score (nSPS) is 14.1. The molecule has 2 N–H and O–H groups in total. The molecule has 0 fully saturated rings. The molecule has 26 heavy (non-hydrogen) atoms. The fourth-order valence-electron chi connectivity index (χ4n) is 2.95. The van der Waals surface area contributed by atoms with Crippen molar-refractivity contribution in [2.75, 3.05) is 20.1 Å². The van der Waals surface area contributed by atoms with Crippen LogP contribution in [-0.4, -0.2) is 36.9 Å². The molecule has 1 aromatic heterocycles. The van der Waals surface area contributed by atoms with Gasteiger partial charge in [-0.05, 0) is 29.5 Å². The maximum atomic E-state index is 13.6. The van der Waals surface area contributed by atoms with Gasteiger partial charge in [0, 0.05) is 50.1 Å². The Morgan fingerprint density at radius 1 is 1.31 bits per heavy atom. The summed E-state index contributed by atoms with van der Waals surface area (Å²) in [6.07, 6.45) is 1.35. The van der Waals surface area contributed by atoms with E-state index in [0.717, 1.165) is 13.0 Å². The molecule has 2 heterocycles. The first-order valence-electron chi connectivity index (χ1n) is 8.68. The molecule has 138 valence electrons. The van der Waals surface area contributed by atoms with Gasteiger partial charge in [0.2, 0.25) is 5.91 Å². The van der Waals surface area contributed by atoms with E-state index < -0.39 is 0 Å². The van der Waals surface area contributed by atoms with Crippen molar-refractivity contribution in [1.29, 1.82) is 0 Å². The van der Waals surface area contributed by atoms with Crippen LogP contribution in [0, 0.1) is 5.82 Å². The van der Waals surface area contributed by atoms with Crippen LogP contribution in [0.15, 0.2) is 40.7 Å². The largest absolute Gasteiger partial charge is 0.356 e. The molecule has 1 aliphatic heterocycles. The molecule has 0 saturated heterocycles. The summed E-state index contributed by atoms with van der Waals surface area (Å²) in [6.45, 7) is 2.32. The van der Waals surface area contributed by atoms with Gasteiger partial charge >= 0.3 is 0 Å². The molecule has 0 spiro atoms. The van der Waals surface area contributed by atoms with Gasteiger partial charge in [-0.2, -0.15) is 0 Å². The van der Waals surface area contributed by atoms with E-state index in [4.69, 9.17) is 0 Å². The molecule has 0 radical (unpaired) electrons. The van der Waals surface area contributed by atoms with Crippen molar-refractivity contribution < 1.29 is 9.18 Å². The van der Waals surface area contributed by atoms with Crippen LogP contribution in [0.3, 0.4) is 0 Å². The van der Waals surface area contributed by atoms with Crippen LogP contribution in [0.1, 0.15) is 22.4 Å². The zero-order chi connectivity index (χ0) is 18.4. The highest BCUT2D eigenvalue weighted by Gasteiger charge is 2.20. The van der Waals surface area contributed by atoms with Gasteiger partial charge in [-0.15, -0.1) is 11.3 Å². The molecule has 1 amide bonds. The topological polar surface area (TPSA) is 56.7 Å². The number of aliphatic imine (C=N–C) groups is 1. The number of carbonyl (C=O) groups excluding carboxylic acids is 1. The van der Waals surface area contributed by atoms with Crippen molar-refractivity contribution in [3.63, 3.8) is 0 Å². The zero-order valence-electron chi connectivity index (χ0n) is 14.8. The van der Waals surface area contributed by atoms with E-state index in [2.05, 4.69) is 27.1 Å². The van der Waals surface area contributed by atoms with Gasteiger partial charge in [-0.1, -0.05) is 18.2 Å². The first kappa shape index (κ1) is 18.4. The lowest BCUT2D eigenvalue weighted by atomic mass is 10.1. The number of nitrogens with zero attached hydrogens (tertiary/aromatic N) is 2. The minimum atomic E-state index is -0.247. The van der Waals surface area contributed by atoms with Crippen molar-refractivity contribution in [2.45, 2.75) is 25.9 Å². The molecule has 0 saturated carbocycles. The fourth-order valence-corrected chi connectivity index (χ4v) is 3.84. The van der Waals surface area contributed by atoms with E-state index in [-0.39, 0.29) is 11.7 Å². The average Bonchev–Trinajstić information content (AvgIpc) is 3.13. The summed E-state index contributed by atoms with van der Waals surface area (Å²) in [5.74, 6) is 0.447. The van der Waals surface area contributed by atoms with Crippen LogP contribution in [0.2, 0.25) is 0 Å². The number of amides is 1. The molecule has 2 aromatic rings. The molecule has 0 atom stereocenters. The Hall–Kier alpha value is -2.41. The summed E-state index contributed by atoms with van der Waals surface area (Å²) in [4.78, 5) is 19.8. The number of hydrogen-bond acceptors (Lipinski definition) is 3. The fraction of sp³-hybridized carbons (Fsp3) is 0.368. The van der Waals surface area contributed by atoms with E-state index in [0.29, 0.717) is 37.6 Å². The third-order valence-corrected chi connectivity index (χ3v) is 5.44. The number of halogens is 1. The second-order valence-corrected chi connectivity index (χ2v) is 7.13. The number of thiophene rings is 1. The summed E-state index contributed by atoms with van der Waals surface area (Å²) in [7, 11) is 1.65. The molecule has 0 bridgehead atoms. The summed E-state index contributed by atoms with van der Waals surface area (Å²) >= 11 is 1.77. The van der Waals surface area contributed by atoms with Gasteiger partial charge < -0.3 is 15.5 Å². The van der Waals surface area contributed by atoms with Gasteiger partial charge in [0.1, 0.15) is 5.82 Å². The number of fused-ring (bicyclic) bond motifs is 1. The Morgan fingerprint density at radius 2 is 2.15 bits per heavy atom. The highest BCUT2D eigenvalue weighted by Crippen LogP contribution is 2.24. The second kappa shape index (κ2) is 8.80. The van der Waals surface area contributed by atoms with Crippen LogP contribution in [0.25, 0.3) is 0 Å². The van der Waals surface area contributed by atoms with Crippen LogP contribution >= 0.6 is 11.3 Å². The molecular weight excluding hydrogens is 351 g/mol. The SMILES string of the molecule is CN=C(NCCC(=O)N1CCc2sccc2C1)NCc1ccccc1F. The number of rotatable bonds is 5. The van der Waals surface area contributed by atoms with Crippen LogP contribution in [-0.2, 0) is 24.3 Å². The van der Waals surface area contributed by atoms with Gasteiger partial charge in [0.05, 0.1) is 0 Å². The van der Waals surface area contributed by atoms with Crippen LogP contribution in [0.5, 0.6) is 0 Å². The van der Waals surface area contributed by atoms with E-state index in [1.165, 1.54) is 16.5 Å². The molecular formula is C19H23FN4OS. The first-order chi connectivity index (χ1) is 12.7. The van der Waals surface area contributed by atoms with Gasteiger partial charge in [0.15, 0.2) is 5.96 Å². The summed E-state index contributed by atoms with van der Waals surface area (Å²) < 4.78 is 13.6. The number of carbonyl (C=O) groups is 1. The van der Waals surface area contributed by atoms with Gasteiger partial charge in [-0.3, -0.25) is 9.79 Å². The maximum absolute atomic E-state index is 13.6. The predicted octanol–water partition coefficient (Wildman–Crippen LogP) is 2.53. The standard InChI is InChI=1S/C19H23FN4OS/c1-21-19(23-12-14-4-2-3-5-16(14)20)22-9-6-18(25)24-10-7-17-15(13-24)8-11-26-17/h2-5,8,11H,6-7,9-10,12-13H2,1H3,(H2,21,22,23). The van der Waals surface area contributed by atoms with E-state index in [1.807, 2.05) is 4.90 Å². The third kappa shape index (κ3) is 4.60. The Morgan fingerprint density at radius 3 is 2.96 bits per heavy atom. The van der Waals surface area contributed by atoms with E-state index in [9.17, 15) is 9.18 Å². The zero-order valence-corrected chi connectivity index (χ0v) is 15.6. The van der Waals surface area contributed by atoms with Gasteiger partial charge in [-0.25, -0.2) is 4.39 Å². The lowest BCUT2D eigenvalue weighted by Gasteiger charge is -2.27. The Kier molecular flexibility index (Phi) is 6.22. The first-order valence-corrected chi connectivity index (χ1v) is 9.56. The number of guanidine groups is 1. The number of benzene rings is 1. The highest BCUT2D eigenvalue weighted by molar-refractivity contribution is 7.10. The van der Waals surface area contributed by atoms with E-state index >= 15 is 0 Å². The number of nitrogens with one attached hydrogen (secondary N) is 2. The smallest absolute Gasteiger partial charge is 0.224 e. The molecule has 0 aliphatic carbocycles. The summed E-state index contributed by atoms with van der Waals surface area (Å²) in [6, 6.07) is 8.73. The van der Waals surface area contributed by atoms with Crippen LogP contribution < -0.4 is 10.6 Å². The third-order valence-electron chi connectivity index (χ3n) is 4.42. The van der Waals surface area contributed by atoms with Crippen LogP contribution in [0.4, 0.5) is 4.39 Å². The lowest BCUT2D eigenvalue weighted by Crippen LogP contribution is -2.40. The quantitative estimate of drug-likeness (QED) is 0.625. The molecule has 1 aromatic carbocycles. The van der Waals surface area contributed by atoms with E-state index in [1.54, 1.807) is 36.6 Å². The van der Waals surface area contributed by atoms with Crippen molar-refractivity contribution in [2.24, 2.45) is 4.99 Å². The monoisotopic (exact) mass is 374 g/mol. The molecule has 1 aliphatic rings. The minimum absolute atomic E-state index is 0.138. The maximum Gasteiger partial charge on any atom is 0.224 e. The predicted molar refractivity (Wildman–Crippen MR) is 103 cm³/mol. The number of hydrogen-bond donors (Lipinski definition) is 2. The van der Waals surface area contributed by atoms with Crippen molar-refractivity contribution in [3.8, 4) is 0 Å². The minimum Gasteiger partial charge on any atom is -0.356 e. The van der Waals surface area contributed by atoms with Gasteiger partial charge in [0.25, 0.3) is 0 Å². The highest BCUT2D eigenvalue weighted by atomic mass is 32.1. The Balaban J connectivity index is 1.42. The second-order valence-electron chi connectivity index (χ2n) is 6.13. The van der Waals surface area contributed by atoms with Crippen molar-refractivity contribution in [1.82, 2.24) is 15.5 Å². The van der Waals surface area contributed by atoms with Crippen molar-refractivity contribution >= 4 is 23.2 Å². The Bertz CT molecular complexity index is 789. The molecule has 0 unspecified atom stereocenters. The van der Waals surface area contributed by atoms with Crippen molar-refractivity contribution in [3.05, 3.63) is 57.5 Å². The molecule has 5 nitrogen and oxygen atoms in total. The summed E-state index contributed by atoms with van der Waals surface area (Å²) in [5, 5.41) is 8.27. The summed E-state index contributed by atoms with van der Waals surface area (Å²) in [5.41, 5.74) is 1.84. The molecule has 3 rings (SSSR count). The average molecular weight is 374 g/mol.